The number of ether oxygens (including phenoxy) is 1. The number of carbonyl (C=O) groups excluding carboxylic acids is 1. The molecule has 5 nitrogen and oxygen atoms in total. The first-order valence-corrected chi connectivity index (χ1v) is 10.6. The van der Waals surface area contributed by atoms with E-state index in [1.165, 1.54) is 0 Å². The number of aromatic nitrogens is 1. The van der Waals surface area contributed by atoms with Crippen LogP contribution in [0, 0.1) is 13.8 Å². The molecule has 1 heterocycles. The van der Waals surface area contributed by atoms with E-state index in [-0.39, 0.29) is 18.3 Å². The first-order valence-electron chi connectivity index (χ1n) is 10.2. The Hall–Kier alpha value is -3.57. The quantitative estimate of drug-likeness (QED) is 0.410. The van der Waals surface area contributed by atoms with Crippen molar-refractivity contribution in [3.05, 3.63) is 100 Å². The average molecular weight is 447 g/mol. The number of pyridine rings is 1. The van der Waals surface area contributed by atoms with Gasteiger partial charge in [-0.1, -0.05) is 48.0 Å². The molecule has 4 rings (SSSR count). The zero-order chi connectivity index (χ0) is 22.7. The molecule has 0 aliphatic carbocycles. The number of carbonyl (C=O) groups is 1. The fourth-order valence-electron chi connectivity index (χ4n) is 3.58. The normalized spacial score (nSPS) is 11.8. The van der Waals surface area contributed by atoms with Crippen LogP contribution in [-0.4, -0.2) is 22.6 Å². The summed E-state index contributed by atoms with van der Waals surface area (Å²) in [5.41, 5.74) is 3.89. The minimum absolute atomic E-state index is 0.0162. The largest absolute Gasteiger partial charge is 0.505 e. The van der Waals surface area contributed by atoms with Gasteiger partial charge in [0.1, 0.15) is 17.0 Å². The number of nitrogens with one attached hydrogen (secondary N) is 1. The molecule has 3 aromatic carbocycles. The summed E-state index contributed by atoms with van der Waals surface area (Å²) < 4.78 is 5.59. The van der Waals surface area contributed by atoms with Gasteiger partial charge in [-0.05, 0) is 60.9 Å². The first kappa shape index (κ1) is 21.7. The standard InChI is InChI=1S/C26H23ClN2O3/c1-16-10-11-18(13-17(16)2)24(29-23(30)15-32-19-7-4-3-5-8-19)21-14-22(27)20-9-6-12-28-25(20)26(21)31/h3-14,24,31H,15H2,1-2H3,(H,29,30). The maximum Gasteiger partial charge on any atom is 0.258 e. The van der Waals surface area contributed by atoms with Crippen molar-refractivity contribution >= 4 is 28.4 Å². The molecule has 0 aliphatic rings. The highest BCUT2D eigenvalue weighted by Gasteiger charge is 2.24. The van der Waals surface area contributed by atoms with Gasteiger partial charge in [0.15, 0.2) is 6.61 Å². The third kappa shape index (κ3) is 4.53. The van der Waals surface area contributed by atoms with Crippen molar-refractivity contribution in [2.75, 3.05) is 6.61 Å². The summed E-state index contributed by atoms with van der Waals surface area (Å²) >= 11 is 6.51. The molecule has 0 spiro atoms. The van der Waals surface area contributed by atoms with Crippen LogP contribution in [0.5, 0.6) is 11.5 Å². The van der Waals surface area contributed by atoms with Gasteiger partial charge in [0.2, 0.25) is 0 Å². The fourth-order valence-corrected chi connectivity index (χ4v) is 3.85. The number of rotatable bonds is 6. The number of fused-ring (bicyclic) bond motifs is 1. The number of nitrogens with zero attached hydrogens (tertiary/aromatic N) is 1. The summed E-state index contributed by atoms with van der Waals surface area (Å²) in [4.78, 5) is 17.1. The van der Waals surface area contributed by atoms with Crippen molar-refractivity contribution in [3.8, 4) is 11.5 Å². The lowest BCUT2D eigenvalue weighted by Crippen LogP contribution is -2.33. The number of aryl methyl sites for hydroxylation is 2. The Bertz CT molecular complexity index is 1280. The highest BCUT2D eigenvalue weighted by Crippen LogP contribution is 2.38. The number of amides is 1. The zero-order valence-corrected chi connectivity index (χ0v) is 18.6. The van der Waals surface area contributed by atoms with Crippen LogP contribution < -0.4 is 10.1 Å². The molecule has 0 aliphatic heterocycles. The number of aromatic hydroxyl groups is 1. The van der Waals surface area contributed by atoms with Crippen molar-refractivity contribution in [1.29, 1.82) is 0 Å². The van der Waals surface area contributed by atoms with Crippen LogP contribution in [-0.2, 0) is 4.79 Å². The van der Waals surface area contributed by atoms with Crippen LogP contribution in [0.25, 0.3) is 10.9 Å². The van der Waals surface area contributed by atoms with Crippen molar-refractivity contribution in [2.45, 2.75) is 19.9 Å². The average Bonchev–Trinajstić information content (AvgIpc) is 2.81. The molecule has 0 saturated carbocycles. The summed E-state index contributed by atoms with van der Waals surface area (Å²) in [5.74, 6) is 0.261. The third-order valence-electron chi connectivity index (χ3n) is 5.44. The van der Waals surface area contributed by atoms with Gasteiger partial charge >= 0.3 is 0 Å². The number of benzene rings is 3. The Balaban J connectivity index is 1.71. The molecule has 4 aromatic rings. The lowest BCUT2D eigenvalue weighted by molar-refractivity contribution is -0.123. The molecule has 1 amide bonds. The minimum atomic E-state index is -0.634. The number of hydrogen-bond donors (Lipinski definition) is 2. The number of hydrogen-bond acceptors (Lipinski definition) is 4. The van der Waals surface area contributed by atoms with Crippen LogP contribution in [0.3, 0.4) is 0 Å². The van der Waals surface area contributed by atoms with E-state index in [2.05, 4.69) is 10.3 Å². The summed E-state index contributed by atoms with van der Waals surface area (Å²) in [6, 6.07) is 19.6. The maximum atomic E-state index is 12.8. The molecule has 1 aromatic heterocycles. The minimum Gasteiger partial charge on any atom is -0.505 e. The molecule has 0 radical (unpaired) electrons. The molecular formula is C26H23ClN2O3. The zero-order valence-electron chi connectivity index (χ0n) is 17.8. The second-order valence-corrected chi connectivity index (χ2v) is 8.05. The maximum absolute atomic E-state index is 12.8. The van der Waals surface area contributed by atoms with E-state index < -0.39 is 6.04 Å². The van der Waals surface area contributed by atoms with Crippen LogP contribution in [0.4, 0.5) is 0 Å². The van der Waals surface area contributed by atoms with Gasteiger partial charge < -0.3 is 15.2 Å². The van der Waals surface area contributed by atoms with Crippen LogP contribution in [0.15, 0.2) is 72.9 Å². The van der Waals surface area contributed by atoms with E-state index in [0.29, 0.717) is 27.2 Å². The molecule has 0 saturated heterocycles. The van der Waals surface area contributed by atoms with Gasteiger partial charge in [-0.2, -0.15) is 0 Å². The molecule has 0 fully saturated rings. The van der Waals surface area contributed by atoms with Crippen molar-refractivity contribution in [3.63, 3.8) is 0 Å². The number of para-hydroxylation sites is 1. The van der Waals surface area contributed by atoms with Crippen molar-refractivity contribution in [2.24, 2.45) is 0 Å². The van der Waals surface area contributed by atoms with E-state index in [9.17, 15) is 9.90 Å². The topological polar surface area (TPSA) is 71.5 Å². The summed E-state index contributed by atoms with van der Waals surface area (Å²) in [6.07, 6.45) is 1.60. The van der Waals surface area contributed by atoms with E-state index in [1.807, 2.05) is 50.2 Å². The van der Waals surface area contributed by atoms with Crippen LogP contribution in [0.1, 0.15) is 28.3 Å². The number of phenols is 1. The van der Waals surface area contributed by atoms with Gasteiger partial charge in [-0.15, -0.1) is 0 Å². The third-order valence-corrected chi connectivity index (χ3v) is 5.75. The van der Waals surface area contributed by atoms with E-state index in [1.54, 1.807) is 36.5 Å². The van der Waals surface area contributed by atoms with Crippen molar-refractivity contribution in [1.82, 2.24) is 10.3 Å². The Kier molecular flexibility index (Phi) is 6.28. The number of phenolic OH excluding ortho intramolecular Hbond substituents is 1. The first-order chi connectivity index (χ1) is 15.4. The molecule has 6 heteroatoms. The lowest BCUT2D eigenvalue weighted by Gasteiger charge is -2.23. The second-order valence-electron chi connectivity index (χ2n) is 7.64. The molecule has 32 heavy (non-hydrogen) atoms. The van der Waals surface area contributed by atoms with E-state index in [0.717, 1.165) is 16.7 Å². The smallest absolute Gasteiger partial charge is 0.258 e. The Morgan fingerprint density at radius 1 is 1.06 bits per heavy atom. The fraction of sp³-hybridized carbons (Fsp3) is 0.154. The lowest BCUT2D eigenvalue weighted by atomic mass is 9.94. The molecule has 1 atom stereocenters. The predicted molar refractivity (Wildman–Crippen MR) is 126 cm³/mol. The van der Waals surface area contributed by atoms with E-state index in [4.69, 9.17) is 16.3 Å². The Labute approximate surface area is 191 Å². The van der Waals surface area contributed by atoms with Crippen LogP contribution >= 0.6 is 11.6 Å². The molecular weight excluding hydrogens is 424 g/mol. The molecule has 0 bridgehead atoms. The Morgan fingerprint density at radius 3 is 2.59 bits per heavy atom. The molecule has 1 unspecified atom stereocenters. The molecule has 162 valence electrons. The van der Waals surface area contributed by atoms with Gasteiger partial charge in [0, 0.05) is 17.1 Å². The van der Waals surface area contributed by atoms with Crippen LogP contribution in [0.2, 0.25) is 5.02 Å². The Morgan fingerprint density at radius 2 is 1.84 bits per heavy atom. The number of halogens is 1. The summed E-state index contributed by atoms with van der Waals surface area (Å²) in [7, 11) is 0. The van der Waals surface area contributed by atoms with Crippen molar-refractivity contribution < 1.29 is 14.6 Å². The van der Waals surface area contributed by atoms with E-state index >= 15 is 0 Å². The highest BCUT2D eigenvalue weighted by atomic mass is 35.5. The summed E-state index contributed by atoms with van der Waals surface area (Å²) in [5, 5.41) is 15.1. The predicted octanol–water partition coefficient (Wildman–Crippen LogP) is 5.50. The monoisotopic (exact) mass is 446 g/mol. The summed E-state index contributed by atoms with van der Waals surface area (Å²) in [6.45, 7) is 3.87. The van der Waals surface area contributed by atoms with Gasteiger partial charge in [0.05, 0.1) is 11.1 Å². The van der Waals surface area contributed by atoms with Gasteiger partial charge in [-0.25, -0.2) is 0 Å². The molecule has 2 N–H and O–H groups in total. The highest BCUT2D eigenvalue weighted by molar-refractivity contribution is 6.35. The van der Waals surface area contributed by atoms with Gasteiger partial charge in [-0.3, -0.25) is 9.78 Å². The van der Waals surface area contributed by atoms with Gasteiger partial charge in [0.25, 0.3) is 5.91 Å². The SMILES string of the molecule is Cc1ccc(C(NC(=O)COc2ccccc2)c2cc(Cl)c3cccnc3c2O)cc1C. The second kappa shape index (κ2) is 9.28.